The Kier molecular flexibility index (Phi) is 3.62. The van der Waals surface area contributed by atoms with Crippen molar-refractivity contribution in [3.05, 3.63) is 46.4 Å². The van der Waals surface area contributed by atoms with Gasteiger partial charge in [0, 0.05) is 10.5 Å². The van der Waals surface area contributed by atoms with Crippen molar-refractivity contribution in [3.63, 3.8) is 0 Å². The molecular formula is C14H16BrN. The average molecular weight is 278 g/mol. The van der Waals surface area contributed by atoms with E-state index in [1.54, 1.807) is 0 Å². The second kappa shape index (κ2) is 4.98. The number of hydrogen-bond acceptors (Lipinski definition) is 1. The Morgan fingerprint density at radius 1 is 1.25 bits per heavy atom. The number of hydrogen-bond donors (Lipinski definition) is 1. The van der Waals surface area contributed by atoms with E-state index in [0.717, 1.165) is 17.3 Å². The summed E-state index contributed by atoms with van der Waals surface area (Å²) in [5.74, 6) is 0. The van der Waals surface area contributed by atoms with Crippen molar-refractivity contribution in [2.24, 2.45) is 5.73 Å². The molecule has 0 heterocycles. The molecule has 0 fully saturated rings. The van der Waals surface area contributed by atoms with Gasteiger partial charge in [0.05, 0.1) is 0 Å². The monoisotopic (exact) mass is 277 g/mol. The van der Waals surface area contributed by atoms with Gasteiger partial charge in [-0.15, -0.1) is 0 Å². The molecule has 0 saturated carbocycles. The second-order valence-corrected chi connectivity index (χ2v) is 4.97. The molecule has 0 saturated heterocycles. The summed E-state index contributed by atoms with van der Waals surface area (Å²) in [5.41, 5.74) is 7.35. The van der Waals surface area contributed by atoms with Gasteiger partial charge in [-0.2, -0.15) is 0 Å². The van der Waals surface area contributed by atoms with Gasteiger partial charge in [0.25, 0.3) is 0 Å². The van der Waals surface area contributed by atoms with E-state index in [1.165, 1.54) is 16.3 Å². The van der Waals surface area contributed by atoms with Crippen molar-refractivity contribution in [1.82, 2.24) is 0 Å². The van der Waals surface area contributed by atoms with Crippen LogP contribution in [-0.2, 0) is 0 Å². The molecule has 2 N–H and O–H groups in total. The first-order chi connectivity index (χ1) is 7.72. The Balaban J connectivity index is 2.44. The number of nitrogens with two attached hydrogens (primary N) is 1. The van der Waals surface area contributed by atoms with Crippen molar-refractivity contribution >= 4 is 26.7 Å². The minimum absolute atomic E-state index is 0.161. The minimum Gasteiger partial charge on any atom is -0.324 e. The van der Waals surface area contributed by atoms with Crippen LogP contribution in [0.25, 0.3) is 10.8 Å². The number of halogens is 1. The highest BCUT2D eigenvalue weighted by Crippen LogP contribution is 2.27. The number of benzene rings is 2. The fraction of sp³-hybridized carbons (Fsp3) is 0.286. The lowest BCUT2D eigenvalue weighted by Gasteiger charge is -2.12. The third-order valence-electron chi connectivity index (χ3n) is 2.88. The van der Waals surface area contributed by atoms with Crippen molar-refractivity contribution in [3.8, 4) is 0 Å². The zero-order valence-electron chi connectivity index (χ0n) is 9.41. The van der Waals surface area contributed by atoms with Crippen LogP contribution in [-0.4, -0.2) is 0 Å². The Morgan fingerprint density at radius 3 is 2.81 bits per heavy atom. The van der Waals surface area contributed by atoms with E-state index in [4.69, 9.17) is 5.73 Å². The maximum absolute atomic E-state index is 6.12. The van der Waals surface area contributed by atoms with Crippen molar-refractivity contribution in [2.45, 2.75) is 25.8 Å². The molecule has 2 rings (SSSR count). The summed E-state index contributed by atoms with van der Waals surface area (Å²) >= 11 is 3.56. The first-order valence-electron chi connectivity index (χ1n) is 5.66. The van der Waals surface area contributed by atoms with Crippen LogP contribution in [0, 0.1) is 0 Å². The molecule has 0 radical (unpaired) electrons. The van der Waals surface area contributed by atoms with Crippen LogP contribution in [0.3, 0.4) is 0 Å². The first kappa shape index (κ1) is 11.6. The predicted octanol–water partition coefficient (Wildman–Crippen LogP) is 4.40. The largest absolute Gasteiger partial charge is 0.324 e. The van der Waals surface area contributed by atoms with Crippen LogP contribution in [0.1, 0.15) is 31.4 Å². The lowest BCUT2D eigenvalue weighted by atomic mass is 10.00. The molecule has 2 aromatic rings. The molecule has 0 bridgehead atoms. The van der Waals surface area contributed by atoms with Crippen LogP contribution in [0.2, 0.25) is 0 Å². The van der Waals surface area contributed by atoms with Gasteiger partial charge in [-0.05, 0) is 34.9 Å². The summed E-state index contributed by atoms with van der Waals surface area (Å²) in [4.78, 5) is 0. The molecule has 2 aromatic carbocycles. The summed E-state index contributed by atoms with van der Waals surface area (Å²) < 4.78 is 1.14. The van der Waals surface area contributed by atoms with Gasteiger partial charge in [-0.3, -0.25) is 0 Å². The van der Waals surface area contributed by atoms with Crippen molar-refractivity contribution in [2.75, 3.05) is 0 Å². The molecule has 0 aliphatic rings. The van der Waals surface area contributed by atoms with E-state index in [0.29, 0.717) is 0 Å². The quantitative estimate of drug-likeness (QED) is 0.884. The topological polar surface area (TPSA) is 26.0 Å². The molecule has 0 amide bonds. The fourth-order valence-corrected chi connectivity index (χ4v) is 2.48. The fourth-order valence-electron chi connectivity index (χ4n) is 1.97. The van der Waals surface area contributed by atoms with Gasteiger partial charge in [0.1, 0.15) is 0 Å². The van der Waals surface area contributed by atoms with Crippen LogP contribution < -0.4 is 5.73 Å². The molecule has 1 atom stereocenters. The smallest absolute Gasteiger partial charge is 0.0294 e. The standard InChI is InChI=1S/C14H16BrN/c1-2-4-14(16)11-7-8-12-10(9-11)5-3-6-13(12)15/h3,5-9,14H,2,4,16H2,1H3. The Bertz CT molecular complexity index is 493. The Hall–Kier alpha value is -0.860. The maximum Gasteiger partial charge on any atom is 0.0294 e. The van der Waals surface area contributed by atoms with Crippen LogP contribution in [0.5, 0.6) is 0 Å². The van der Waals surface area contributed by atoms with E-state index in [2.05, 4.69) is 59.3 Å². The van der Waals surface area contributed by atoms with Gasteiger partial charge in [0.15, 0.2) is 0 Å². The third kappa shape index (κ3) is 2.28. The molecule has 0 aromatic heterocycles. The molecule has 0 spiro atoms. The summed E-state index contributed by atoms with van der Waals surface area (Å²) in [6, 6.07) is 12.9. The summed E-state index contributed by atoms with van der Waals surface area (Å²) in [5, 5.41) is 2.49. The molecule has 0 aliphatic heterocycles. The zero-order chi connectivity index (χ0) is 11.5. The average Bonchev–Trinajstić information content (AvgIpc) is 2.29. The summed E-state index contributed by atoms with van der Waals surface area (Å²) in [6.07, 6.45) is 2.16. The highest BCUT2D eigenvalue weighted by atomic mass is 79.9. The predicted molar refractivity (Wildman–Crippen MR) is 73.5 cm³/mol. The zero-order valence-corrected chi connectivity index (χ0v) is 11.0. The van der Waals surface area contributed by atoms with Crippen LogP contribution >= 0.6 is 15.9 Å². The van der Waals surface area contributed by atoms with Gasteiger partial charge in [-0.1, -0.05) is 53.5 Å². The maximum atomic E-state index is 6.12. The lowest BCUT2D eigenvalue weighted by Crippen LogP contribution is -2.09. The first-order valence-corrected chi connectivity index (χ1v) is 6.45. The Labute approximate surface area is 105 Å². The van der Waals surface area contributed by atoms with Crippen LogP contribution in [0.15, 0.2) is 40.9 Å². The number of rotatable bonds is 3. The molecule has 84 valence electrons. The van der Waals surface area contributed by atoms with E-state index < -0.39 is 0 Å². The third-order valence-corrected chi connectivity index (χ3v) is 3.57. The molecule has 0 aliphatic carbocycles. The van der Waals surface area contributed by atoms with Crippen LogP contribution in [0.4, 0.5) is 0 Å². The summed E-state index contributed by atoms with van der Waals surface area (Å²) in [7, 11) is 0. The van der Waals surface area contributed by atoms with Crippen molar-refractivity contribution in [1.29, 1.82) is 0 Å². The highest BCUT2D eigenvalue weighted by Gasteiger charge is 2.06. The van der Waals surface area contributed by atoms with E-state index in [-0.39, 0.29) is 6.04 Å². The second-order valence-electron chi connectivity index (χ2n) is 4.12. The van der Waals surface area contributed by atoms with E-state index >= 15 is 0 Å². The minimum atomic E-state index is 0.161. The highest BCUT2D eigenvalue weighted by molar-refractivity contribution is 9.10. The Morgan fingerprint density at radius 2 is 2.06 bits per heavy atom. The molecule has 16 heavy (non-hydrogen) atoms. The SMILES string of the molecule is CCCC(N)c1ccc2c(Br)cccc2c1. The molecule has 1 nitrogen and oxygen atoms in total. The van der Waals surface area contributed by atoms with E-state index in [1.807, 2.05) is 0 Å². The molecular weight excluding hydrogens is 262 g/mol. The molecule has 2 heteroatoms. The number of fused-ring (bicyclic) bond motifs is 1. The normalized spacial score (nSPS) is 12.9. The van der Waals surface area contributed by atoms with Gasteiger partial charge in [0.2, 0.25) is 0 Å². The van der Waals surface area contributed by atoms with Gasteiger partial charge in [-0.25, -0.2) is 0 Å². The van der Waals surface area contributed by atoms with Gasteiger partial charge >= 0.3 is 0 Å². The van der Waals surface area contributed by atoms with Crippen molar-refractivity contribution < 1.29 is 0 Å². The lowest BCUT2D eigenvalue weighted by molar-refractivity contribution is 0.639. The summed E-state index contributed by atoms with van der Waals surface area (Å²) in [6.45, 7) is 2.16. The van der Waals surface area contributed by atoms with Gasteiger partial charge < -0.3 is 5.73 Å². The molecule has 1 unspecified atom stereocenters. The van der Waals surface area contributed by atoms with E-state index in [9.17, 15) is 0 Å².